The maximum atomic E-state index is 12.9. The molecule has 2 aromatic rings. The molecule has 30 heavy (non-hydrogen) atoms. The van der Waals surface area contributed by atoms with Crippen molar-refractivity contribution in [2.75, 3.05) is 14.2 Å². The van der Waals surface area contributed by atoms with E-state index in [-0.39, 0.29) is 12.2 Å². The summed E-state index contributed by atoms with van der Waals surface area (Å²) in [5.74, 6) is -0.545. The van der Waals surface area contributed by atoms with Crippen molar-refractivity contribution in [3.8, 4) is 0 Å². The number of benzene rings is 2. The normalized spacial score (nSPS) is 12.5. The topological polar surface area (TPSA) is 57.1 Å². The van der Waals surface area contributed by atoms with E-state index in [1.54, 1.807) is 19.1 Å². The van der Waals surface area contributed by atoms with Gasteiger partial charge < -0.3 is 14.3 Å². The standard InChI is InChI=1S/C22H22F3NO4/c1-14-8-9-16(10-19(14)20(13-28-3)21(27)29-4)12-30-26-15(2)17-6-5-7-18(11-17)22(23,24)25/h5-11,13H,12H2,1-4H3/b20-13+,26-15?. The molecule has 0 aliphatic rings. The highest BCUT2D eigenvalue weighted by Gasteiger charge is 2.30. The van der Waals surface area contributed by atoms with Crippen LogP contribution in [0, 0.1) is 6.92 Å². The summed E-state index contributed by atoms with van der Waals surface area (Å²) in [6.07, 6.45) is -3.13. The fourth-order valence-corrected chi connectivity index (χ4v) is 2.68. The van der Waals surface area contributed by atoms with Crippen LogP contribution in [-0.4, -0.2) is 25.9 Å². The first-order valence-corrected chi connectivity index (χ1v) is 8.92. The second kappa shape index (κ2) is 9.96. The number of carbonyl (C=O) groups excluding carboxylic acids is 1. The van der Waals surface area contributed by atoms with Crippen LogP contribution >= 0.6 is 0 Å². The molecule has 8 heteroatoms. The van der Waals surface area contributed by atoms with Crippen LogP contribution in [0.3, 0.4) is 0 Å². The lowest BCUT2D eigenvalue weighted by atomic mass is 9.99. The minimum Gasteiger partial charge on any atom is -0.503 e. The molecule has 0 fully saturated rings. The number of rotatable bonds is 7. The van der Waals surface area contributed by atoms with Gasteiger partial charge in [-0.3, -0.25) is 0 Å². The van der Waals surface area contributed by atoms with Crippen molar-refractivity contribution in [2.45, 2.75) is 26.6 Å². The average Bonchev–Trinajstić information content (AvgIpc) is 2.72. The maximum Gasteiger partial charge on any atom is 0.416 e. The molecule has 0 aliphatic carbocycles. The molecular formula is C22H22F3NO4. The molecule has 0 N–H and O–H groups in total. The van der Waals surface area contributed by atoms with Crippen molar-refractivity contribution in [2.24, 2.45) is 5.16 Å². The third kappa shape index (κ3) is 5.85. The summed E-state index contributed by atoms with van der Waals surface area (Å²) in [6.45, 7) is 3.46. The van der Waals surface area contributed by atoms with Crippen LogP contribution in [-0.2, 0) is 31.9 Å². The van der Waals surface area contributed by atoms with Gasteiger partial charge in [0, 0.05) is 0 Å². The number of alkyl halides is 3. The number of esters is 1. The van der Waals surface area contributed by atoms with Crippen LogP contribution in [0.1, 0.15) is 34.7 Å². The van der Waals surface area contributed by atoms with Crippen molar-refractivity contribution in [1.82, 2.24) is 0 Å². The molecule has 0 bridgehead atoms. The van der Waals surface area contributed by atoms with Gasteiger partial charge in [0.2, 0.25) is 0 Å². The Morgan fingerprint density at radius 2 is 1.87 bits per heavy atom. The first-order valence-electron chi connectivity index (χ1n) is 8.92. The van der Waals surface area contributed by atoms with Crippen molar-refractivity contribution in [3.05, 3.63) is 76.5 Å². The Labute approximate surface area is 172 Å². The van der Waals surface area contributed by atoms with Gasteiger partial charge in [0.25, 0.3) is 0 Å². The molecule has 160 valence electrons. The molecule has 0 saturated heterocycles. The van der Waals surface area contributed by atoms with Crippen LogP contribution < -0.4 is 0 Å². The quantitative estimate of drug-likeness (QED) is 0.205. The molecule has 0 unspecified atom stereocenters. The third-order valence-corrected chi connectivity index (χ3v) is 4.27. The Hall–Kier alpha value is -3.29. The number of carbonyl (C=O) groups is 1. The molecule has 2 aromatic carbocycles. The summed E-state index contributed by atoms with van der Waals surface area (Å²) in [6, 6.07) is 10.2. The summed E-state index contributed by atoms with van der Waals surface area (Å²) in [5, 5.41) is 3.92. The molecule has 0 aromatic heterocycles. The van der Waals surface area contributed by atoms with Crippen molar-refractivity contribution < 1.29 is 32.3 Å². The van der Waals surface area contributed by atoms with Crippen molar-refractivity contribution in [3.63, 3.8) is 0 Å². The van der Waals surface area contributed by atoms with E-state index in [9.17, 15) is 18.0 Å². The van der Waals surface area contributed by atoms with Crippen LogP contribution in [0.5, 0.6) is 0 Å². The number of halogens is 3. The first kappa shape index (κ1) is 23.0. The molecule has 0 aliphatic heterocycles. The van der Waals surface area contributed by atoms with Gasteiger partial charge in [0.05, 0.1) is 31.8 Å². The molecule has 0 radical (unpaired) electrons. The smallest absolute Gasteiger partial charge is 0.416 e. The maximum absolute atomic E-state index is 12.9. The van der Waals surface area contributed by atoms with E-state index in [2.05, 4.69) is 5.16 Å². The van der Waals surface area contributed by atoms with E-state index < -0.39 is 17.7 Å². The van der Waals surface area contributed by atoms with Crippen LogP contribution in [0.25, 0.3) is 5.57 Å². The van der Waals surface area contributed by atoms with Gasteiger partial charge in [-0.05, 0) is 54.3 Å². The van der Waals surface area contributed by atoms with E-state index in [4.69, 9.17) is 14.3 Å². The molecule has 0 spiro atoms. The lowest BCUT2D eigenvalue weighted by Gasteiger charge is -2.11. The Bertz CT molecular complexity index is 965. The fourth-order valence-electron chi connectivity index (χ4n) is 2.68. The van der Waals surface area contributed by atoms with E-state index in [1.165, 1.54) is 32.6 Å². The van der Waals surface area contributed by atoms with E-state index >= 15 is 0 Å². The summed E-state index contributed by atoms with van der Waals surface area (Å²) < 4.78 is 48.3. The predicted molar refractivity (Wildman–Crippen MR) is 107 cm³/mol. The lowest BCUT2D eigenvalue weighted by molar-refractivity contribution is -0.137. The third-order valence-electron chi connectivity index (χ3n) is 4.27. The summed E-state index contributed by atoms with van der Waals surface area (Å²) in [5.41, 5.74) is 2.27. The molecular weight excluding hydrogens is 399 g/mol. The van der Waals surface area contributed by atoms with Gasteiger partial charge in [0.15, 0.2) is 0 Å². The Kier molecular flexibility index (Phi) is 7.63. The Morgan fingerprint density at radius 3 is 2.50 bits per heavy atom. The zero-order valence-electron chi connectivity index (χ0n) is 17.0. The molecule has 5 nitrogen and oxygen atoms in total. The summed E-state index contributed by atoms with van der Waals surface area (Å²) in [4.78, 5) is 17.3. The second-order valence-electron chi connectivity index (χ2n) is 6.44. The zero-order valence-corrected chi connectivity index (χ0v) is 17.0. The highest BCUT2D eigenvalue weighted by Crippen LogP contribution is 2.29. The Balaban J connectivity index is 2.18. The van der Waals surface area contributed by atoms with Gasteiger partial charge >= 0.3 is 12.1 Å². The monoisotopic (exact) mass is 421 g/mol. The highest BCUT2D eigenvalue weighted by atomic mass is 19.4. The largest absolute Gasteiger partial charge is 0.503 e. The van der Waals surface area contributed by atoms with Gasteiger partial charge in [-0.25, -0.2) is 4.79 Å². The number of hydrogen-bond donors (Lipinski definition) is 0. The molecule has 0 saturated carbocycles. The van der Waals surface area contributed by atoms with E-state index in [1.807, 2.05) is 13.0 Å². The summed E-state index contributed by atoms with van der Waals surface area (Å²) in [7, 11) is 2.70. The number of ether oxygens (including phenoxy) is 2. The van der Waals surface area contributed by atoms with Crippen molar-refractivity contribution in [1.29, 1.82) is 0 Å². The first-order chi connectivity index (χ1) is 14.2. The number of methoxy groups -OCH3 is 2. The zero-order chi connectivity index (χ0) is 22.3. The minimum atomic E-state index is -4.43. The fraction of sp³-hybridized carbons (Fsp3) is 0.273. The number of aryl methyl sites for hydroxylation is 1. The van der Waals surface area contributed by atoms with Gasteiger partial charge in [-0.1, -0.05) is 29.4 Å². The Morgan fingerprint density at radius 1 is 1.13 bits per heavy atom. The average molecular weight is 421 g/mol. The van der Waals surface area contributed by atoms with Crippen molar-refractivity contribution >= 4 is 17.3 Å². The number of hydrogen-bond acceptors (Lipinski definition) is 5. The molecule has 0 heterocycles. The molecule has 0 atom stereocenters. The summed E-state index contributed by atoms with van der Waals surface area (Å²) >= 11 is 0. The predicted octanol–water partition coefficient (Wildman–Crippen LogP) is 5.11. The van der Waals surface area contributed by atoms with E-state index in [0.29, 0.717) is 22.4 Å². The minimum absolute atomic E-state index is 0.0605. The second-order valence-corrected chi connectivity index (χ2v) is 6.44. The number of oxime groups is 1. The molecule has 2 rings (SSSR count). The SMILES string of the molecule is CO/C=C(/C(=O)OC)c1cc(CON=C(C)c2cccc(C(F)(F)F)c2)ccc1C. The van der Waals surface area contributed by atoms with Crippen LogP contribution in [0.4, 0.5) is 13.2 Å². The van der Waals surface area contributed by atoms with Crippen LogP contribution in [0.15, 0.2) is 53.9 Å². The molecule has 0 amide bonds. The lowest BCUT2D eigenvalue weighted by Crippen LogP contribution is -2.07. The van der Waals surface area contributed by atoms with Gasteiger partial charge in [0.1, 0.15) is 12.2 Å². The van der Waals surface area contributed by atoms with Gasteiger partial charge in [-0.2, -0.15) is 13.2 Å². The van der Waals surface area contributed by atoms with E-state index in [0.717, 1.165) is 17.7 Å². The highest BCUT2D eigenvalue weighted by molar-refractivity contribution is 6.16. The number of nitrogens with zero attached hydrogens (tertiary/aromatic N) is 1. The van der Waals surface area contributed by atoms with Gasteiger partial charge in [-0.15, -0.1) is 0 Å². The van der Waals surface area contributed by atoms with Crippen LogP contribution in [0.2, 0.25) is 0 Å².